The van der Waals surface area contributed by atoms with Gasteiger partial charge in [0.25, 0.3) is 0 Å². The minimum absolute atomic E-state index is 0.102. The van der Waals surface area contributed by atoms with Gasteiger partial charge in [-0.05, 0) is 52.5 Å². The maximum atomic E-state index is 12.6. The third-order valence-electron chi connectivity index (χ3n) is 3.71. The lowest BCUT2D eigenvalue weighted by molar-refractivity contribution is 0.0176. The van der Waals surface area contributed by atoms with Gasteiger partial charge < -0.3 is 9.64 Å². The first-order valence-electron chi connectivity index (χ1n) is 8.18. The lowest BCUT2D eigenvalue weighted by Crippen LogP contribution is -2.44. The van der Waals surface area contributed by atoms with Crippen LogP contribution >= 0.6 is 11.6 Å². The van der Waals surface area contributed by atoms with E-state index in [1.54, 1.807) is 32.6 Å². The molecule has 0 saturated carbocycles. The van der Waals surface area contributed by atoms with E-state index < -0.39 is 21.5 Å². The maximum Gasteiger partial charge on any atom is 0.410 e. The van der Waals surface area contributed by atoms with E-state index in [-0.39, 0.29) is 22.0 Å². The Hall–Kier alpha value is -1.41. The van der Waals surface area contributed by atoms with Gasteiger partial charge in [-0.3, -0.25) is 0 Å². The summed E-state index contributed by atoms with van der Waals surface area (Å²) in [4.78, 5) is 21.6. The summed E-state index contributed by atoms with van der Waals surface area (Å²) < 4.78 is 30.6. The maximum absolute atomic E-state index is 12.6. The van der Waals surface area contributed by atoms with Crippen molar-refractivity contribution < 1.29 is 17.9 Å². The standard InChI is InChI=1S/C16H24ClN3O4S/c1-11-8-13(17)19-14(18-11)25(22,23)10-12-6-5-7-20(9-12)15(21)24-16(2,3)4/h8,12H,5-7,9-10H2,1-4H3. The van der Waals surface area contributed by atoms with Crippen molar-refractivity contribution in [2.75, 3.05) is 18.8 Å². The van der Waals surface area contributed by atoms with E-state index in [0.717, 1.165) is 12.8 Å². The van der Waals surface area contributed by atoms with E-state index in [0.29, 0.717) is 18.8 Å². The lowest BCUT2D eigenvalue weighted by atomic mass is 10.0. The van der Waals surface area contributed by atoms with Crippen LogP contribution in [0.2, 0.25) is 5.15 Å². The Morgan fingerprint density at radius 2 is 2.08 bits per heavy atom. The molecule has 1 amide bonds. The summed E-state index contributed by atoms with van der Waals surface area (Å²) >= 11 is 5.84. The third kappa shape index (κ3) is 5.81. The average Bonchev–Trinajstić information content (AvgIpc) is 2.44. The lowest BCUT2D eigenvalue weighted by Gasteiger charge is -2.33. The Bertz CT molecular complexity index is 726. The molecule has 2 heterocycles. The monoisotopic (exact) mass is 389 g/mol. The van der Waals surface area contributed by atoms with Gasteiger partial charge in [-0.2, -0.15) is 0 Å². The number of amides is 1. The number of ether oxygens (including phenoxy) is 1. The molecular weight excluding hydrogens is 366 g/mol. The van der Waals surface area contributed by atoms with Crippen molar-refractivity contribution in [1.29, 1.82) is 0 Å². The highest BCUT2D eigenvalue weighted by atomic mass is 35.5. The molecule has 0 radical (unpaired) electrons. The second-order valence-corrected chi connectivity index (χ2v) is 9.65. The fourth-order valence-electron chi connectivity index (χ4n) is 2.72. The number of halogens is 1. The smallest absolute Gasteiger partial charge is 0.410 e. The minimum atomic E-state index is -3.67. The molecule has 25 heavy (non-hydrogen) atoms. The topological polar surface area (TPSA) is 89.5 Å². The van der Waals surface area contributed by atoms with Gasteiger partial charge in [-0.15, -0.1) is 0 Å². The Labute approximate surface area is 153 Å². The molecule has 0 aliphatic carbocycles. The van der Waals surface area contributed by atoms with Gasteiger partial charge in [0, 0.05) is 18.8 Å². The van der Waals surface area contributed by atoms with E-state index >= 15 is 0 Å². The van der Waals surface area contributed by atoms with Crippen molar-refractivity contribution in [2.45, 2.75) is 51.3 Å². The first-order chi connectivity index (χ1) is 11.5. The predicted molar refractivity (Wildman–Crippen MR) is 94.4 cm³/mol. The summed E-state index contributed by atoms with van der Waals surface area (Å²) in [5, 5.41) is -0.156. The zero-order valence-electron chi connectivity index (χ0n) is 15.0. The fraction of sp³-hybridized carbons (Fsp3) is 0.688. The van der Waals surface area contributed by atoms with E-state index in [1.165, 1.54) is 6.07 Å². The Balaban J connectivity index is 2.07. The summed E-state index contributed by atoms with van der Waals surface area (Å²) in [5.41, 5.74) is -0.0833. The second-order valence-electron chi connectivity index (χ2n) is 7.33. The first-order valence-corrected chi connectivity index (χ1v) is 10.2. The van der Waals surface area contributed by atoms with Crippen molar-refractivity contribution >= 4 is 27.5 Å². The van der Waals surface area contributed by atoms with Crippen molar-refractivity contribution in [2.24, 2.45) is 5.92 Å². The molecule has 0 aromatic carbocycles. The number of sulfone groups is 1. The second kappa shape index (κ2) is 7.45. The molecule has 1 aromatic heterocycles. The van der Waals surface area contributed by atoms with Crippen LogP contribution in [0.15, 0.2) is 11.2 Å². The molecule has 0 bridgehead atoms. The number of aromatic nitrogens is 2. The van der Waals surface area contributed by atoms with Crippen molar-refractivity contribution in [3.05, 3.63) is 16.9 Å². The highest BCUT2D eigenvalue weighted by molar-refractivity contribution is 7.91. The fourth-order valence-corrected chi connectivity index (χ4v) is 4.57. The summed E-state index contributed by atoms with van der Waals surface area (Å²) in [6, 6.07) is 1.51. The van der Waals surface area contributed by atoms with E-state index in [9.17, 15) is 13.2 Å². The van der Waals surface area contributed by atoms with Gasteiger partial charge in [0.05, 0.1) is 5.75 Å². The summed E-state index contributed by atoms with van der Waals surface area (Å²) in [6.07, 6.45) is 1.04. The van der Waals surface area contributed by atoms with Crippen LogP contribution in [0.1, 0.15) is 39.3 Å². The third-order valence-corrected chi connectivity index (χ3v) is 5.55. The normalized spacial score (nSPS) is 18.9. The molecule has 7 nitrogen and oxygen atoms in total. The predicted octanol–water partition coefficient (Wildman–Crippen LogP) is 2.86. The van der Waals surface area contributed by atoms with Gasteiger partial charge in [0.15, 0.2) is 0 Å². The number of rotatable bonds is 3. The zero-order chi connectivity index (χ0) is 18.8. The van der Waals surface area contributed by atoms with Gasteiger partial charge in [0.2, 0.25) is 15.0 Å². The van der Waals surface area contributed by atoms with E-state index in [4.69, 9.17) is 16.3 Å². The van der Waals surface area contributed by atoms with E-state index in [2.05, 4.69) is 9.97 Å². The molecule has 0 N–H and O–H groups in total. The van der Waals surface area contributed by atoms with Crippen LogP contribution in [0.4, 0.5) is 4.79 Å². The Kier molecular flexibility index (Phi) is 5.93. The molecule has 140 valence electrons. The van der Waals surface area contributed by atoms with Gasteiger partial charge in [0.1, 0.15) is 10.8 Å². The quantitative estimate of drug-likeness (QED) is 0.583. The largest absolute Gasteiger partial charge is 0.444 e. The summed E-state index contributed by atoms with van der Waals surface area (Å²) in [6.45, 7) is 7.98. The molecular formula is C16H24ClN3O4S. The Morgan fingerprint density at radius 3 is 2.68 bits per heavy atom. The highest BCUT2D eigenvalue weighted by Gasteiger charge is 2.31. The number of hydrogen-bond acceptors (Lipinski definition) is 6. The van der Waals surface area contributed by atoms with Crippen LogP contribution in [0.5, 0.6) is 0 Å². The number of nitrogens with zero attached hydrogens (tertiary/aromatic N) is 3. The van der Waals surface area contributed by atoms with Crippen LogP contribution < -0.4 is 0 Å². The van der Waals surface area contributed by atoms with Crippen LogP contribution in [0.3, 0.4) is 0 Å². The van der Waals surface area contributed by atoms with Crippen molar-refractivity contribution in [1.82, 2.24) is 14.9 Å². The molecule has 1 unspecified atom stereocenters. The molecule has 1 atom stereocenters. The number of aryl methyl sites for hydroxylation is 1. The summed E-state index contributed by atoms with van der Waals surface area (Å²) in [7, 11) is -3.67. The molecule has 2 rings (SSSR count). The van der Waals surface area contributed by atoms with Crippen molar-refractivity contribution in [3.8, 4) is 0 Å². The number of likely N-dealkylation sites (tertiary alicyclic amines) is 1. The number of carbonyl (C=O) groups is 1. The van der Waals surface area contributed by atoms with Crippen LogP contribution in [-0.4, -0.2) is 53.8 Å². The molecule has 1 aliphatic heterocycles. The number of piperidine rings is 1. The highest BCUT2D eigenvalue weighted by Crippen LogP contribution is 2.23. The summed E-state index contributed by atoms with van der Waals surface area (Å²) in [5.74, 6) is -0.305. The average molecular weight is 390 g/mol. The van der Waals surface area contributed by atoms with Gasteiger partial charge in [-0.1, -0.05) is 11.6 Å². The number of carbonyl (C=O) groups excluding carboxylic acids is 1. The minimum Gasteiger partial charge on any atom is -0.444 e. The van der Waals surface area contributed by atoms with Crippen LogP contribution in [0.25, 0.3) is 0 Å². The van der Waals surface area contributed by atoms with Crippen LogP contribution in [0, 0.1) is 12.8 Å². The molecule has 1 fully saturated rings. The molecule has 9 heteroatoms. The van der Waals surface area contributed by atoms with Crippen LogP contribution in [-0.2, 0) is 14.6 Å². The first kappa shape index (κ1) is 19.9. The van der Waals surface area contributed by atoms with E-state index in [1.807, 2.05) is 0 Å². The molecule has 1 aliphatic rings. The molecule has 1 aromatic rings. The van der Waals surface area contributed by atoms with Gasteiger partial charge >= 0.3 is 6.09 Å². The molecule has 0 spiro atoms. The zero-order valence-corrected chi connectivity index (χ0v) is 16.5. The number of hydrogen-bond donors (Lipinski definition) is 0. The van der Waals surface area contributed by atoms with Gasteiger partial charge in [-0.25, -0.2) is 23.2 Å². The van der Waals surface area contributed by atoms with Crippen molar-refractivity contribution in [3.63, 3.8) is 0 Å². The molecule has 1 saturated heterocycles. The SMILES string of the molecule is Cc1cc(Cl)nc(S(=O)(=O)CC2CCCN(C(=O)OC(C)(C)C)C2)n1. The Morgan fingerprint density at radius 1 is 1.40 bits per heavy atom.